The van der Waals surface area contributed by atoms with Crippen LogP contribution in [-0.4, -0.2) is 32.3 Å². The van der Waals surface area contributed by atoms with Crippen LogP contribution in [0.4, 0.5) is 0 Å². The number of esters is 2. The Morgan fingerprint density at radius 2 is 1.56 bits per heavy atom. The van der Waals surface area contributed by atoms with Crippen LogP contribution in [-0.2, 0) is 25.5 Å². The van der Waals surface area contributed by atoms with Crippen LogP contribution < -0.4 is 4.74 Å². The van der Waals surface area contributed by atoms with E-state index in [2.05, 4.69) is 6.58 Å². The van der Waals surface area contributed by atoms with Crippen molar-refractivity contribution < 1.29 is 23.8 Å². The molecule has 25 heavy (non-hydrogen) atoms. The van der Waals surface area contributed by atoms with Crippen molar-refractivity contribution in [3.8, 4) is 5.75 Å². The summed E-state index contributed by atoms with van der Waals surface area (Å²) < 4.78 is 15.2. The van der Waals surface area contributed by atoms with E-state index in [0.29, 0.717) is 12.8 Å². The Morgan fingerprint density at radius 1 is 1.04 bits per heavy atom. The van der Waals surface area contributed by atoms with E-state index >= 15 is 0 Å². The van der Waals surface area contributed by atoms with Crippen LogP contribution in [0.25, 0.3) is 0 Å². The summed E-state index contributed by atoms with van der Waals surface area (Å²) >= 11 is 0. The van der Waals surface area contributed by atoms with Crippen LogP contribution in [0.1, 0.15) is 32.8 Å². The van der Waals surface area contributed by atoms with Crippen molar-refractivity contribution in [2.45, 2.75) is 33.6 Å². The molecule has 0 amide bonds. The van der Waals surface area contributed by atoms with Crippen molar-refractivity contribution in [1.82, 2.24) is 0 Å². The van der Waals surface area contributed by atoms with E-state index in [-0.39, 0.29) is 19.1 Å². The number of hydrogen-bond acceptors (Lipinski definition) is 5. The lowest BCUT2D eigenvalue weighted by atomic mass is 9.87. The molecule has 1 rings (SSSR count). The lowest BCUT2D eigenvalue weighted by Gasteiger charge is -2.20. The van der Waals surface area contributed by atoms with Crippen LogP contribution in [0, 0.1) is 11.8 Å². The van der Waals surface area contributed by atoms with E-state index in [1.54, 1.807) is 21.0 Å². The minimum absolute atomic E-state index is 0.0269. The fourth-order valence-corrected chi connectivity index (χ4v) is 2.47. The van der Waals surface area contributed by atoms with Gasteiger partial charge in [0.2, 0.25) is 0 Å². The number of ether oxygens (including phenoxy) is 3. The topological polar surface area (TPSA) is 61.8 Å². The molecule has 0 saturated heterocycles. The lowest BCUT2D eigenvalue weighted by Crippen LogP contribution is -2.30. The predicted molar refractivity (Wildman–Crippen MR) is 96.4 cm³/mol. The Morgan fingerprint density at radius 3 is 2.00 bits per heavy atom. The third-order valence-electron chi connectivity index (χ3n) is 4.02. The summed E-state index contributed by atoms with van der Waals surface area (Å²) in [5, 5.41) is 0. The van der Waals surface area contributed by atoms with Gasteiger partial charge in [0.25, 0.3) is 0 Å². The summed E-state index contributed by atoms with van der Waals surface area (Å²) in [7, 11) is 1.63. The van der Waals surface area contributed by atoms with Crippen LogP contribution in [0.3, 0.4) is 0 Å². The van der Waals surface area contributed by atoms with Crippen LogP contribution in [0.15, 0.2) is 36.4 Å². The van der Waals surface area contributed by atoms with Crippen molar-refractivity contribution in [2.75, 3.05) is 20.3 Å². The van der Waals surface area contributed by atoms with Gasteiger partial charge >= 0.3 is 11.9 Å². The standard InChI is InChI=1S/C20H28O5/c1-6-24-19(21)18(20(22)25-7-2)13-15(4)14(3)12-16-8-10-17(23-5)11-9-16/h8-11,15,18H,3,6-7,12-13H2,1-2,4-5H3. The molecular formula is C20H28O5. The first kappa shape index (κ1) is 20.7. The highest BCUT2D eigenvalue weighted by Gasteiger charge is 2.31. The van der Waals surface area contributed by atoms with Gasteiger partial charge in [-0.2, -0.15) is 0 Å². The van der Waals surface area contributed by atoms with Crippen LogP contribution >= 0.6 is 0 Å². The van der Waals surface area contributed by atoms with Crippen LogP contribution in [0.2, 0.25) is 0 Å². The zero-order valence-electron chi connectivity index (χ0n) is 15.5. The van der Waals surface area contributed by atoms with Gasteiger partial charge in [0.15, 0.2) is 5.92 Å². The van der Waals surface area contributed by atoms with Gasteiger partial charge in [-0.1, -0.05) is 31.2 Å². The molecule has 0 aromatic heterocycles. The molecule has 0 aliphatic heterocycles. The zero-order chi connectivity index (χ0) is 18.8. The normalized spacial score (nSPS) is 11.7. The number of methoxy groups -OCH3 is 1. The SMILES string of the molecule is C=C(Cc1ccc(OC)cc1)C(C)CC(C(=O)OCC)C(=O)OCC. The van der Waals surface area contributed by atoms with Crippen molar-refractivity contribution in [2.24, 2.45) is 11.8 Å². The molecule has 0 aliphatic rings. The summed E-state index contributed by atoms with van der Waals surface area (Å²) in [4.78, 5) is 24.2. The van der Waals surface area contributed by atoms with E-state index < -0.39 is 17.9 Å². The molecule has 1 unspecified atom stereocenters. The van der Waals surface area contributed by atoms with E-state index in [9.17, 15) is 9.59 Å². The molecule has 0 spiro atoms. The van der Waals surface area contributed by atoms with Gasteiger partial charge in [-0.3, -0.25) is 9.59 Å². The van der Waals surface area contributed by atoms with E-state index in [1.165, 1.54) is 0 Å². The number of benzene rings is 1. The molecule has 0 saturated carbocycles. The first-order valence-electron chi connectivity index (χ1n) is 8.56. The first-order chi connectivity index (χ1) is 11.9. The van der Waals surface area contributed by atoms with Gasteiger partial charge in [0.1, 0.15) is 5.75 Å². The number of carbonyl (C=O) groups is 2. The Bertz CT molecular complexity index is 558. The van der Waals surface area contributed by atoms with Crippen molar-refractivity contribution in [3.05, 3.63) is 42.0 Å². The summed E-state index contributed by atoms with van der Waals surface area (Å²) in [6.07, 6.45) is 0.996. The molecule has 0 N–H and O–H groups in total. The van der Waals surface area contributed by atoms with Gasteiger partial charge in [-0.15, -0.1) is 0 Å². The molecule has 0 radical (unpaired) electrons. The highest BCUT2D eigenvalue weighted by atomic mass is 16.6. The van der Waals surface area contributed by atoms with Gasteiger partial charge in [-0.25, -0.2) is 0 Å². The molecule has 1 aromatic carbocycles. The fraction of sp³-hybridized carbons (Fsp3) is 0.500. The lowest BCUT2D eigenvalue weighted by molar-refractivity contribution is -0.162. The number of hydrogen-bond donors (Lipinski definition) is 0. The van der Waals surface area contributed by atoms with Crippen molar-refractivity contribution >= 4 is 11.9 Å². The largest absolute Gasteiger partial charge is 0.497 e. The van der Waals surface area contributed by atoms with Crippen molar-refractivity contribution in [3.63, 3.8) is 0 Å². The van der Waals surface area contributed by atoms with E-state index in [4.69, 9.17) is 14.2 Å². The third-order valence-corrected chi connectivity index (χ3v) is 4.02. The second kappa shape index (κ2) is 10.5. The Kier molecular flexibility index (Phi) is 8.75. The number of carbonyl (C=O) groups excluding carboxylic acids is 2. The molecule has 0 fully saturated rings. The quantitative estimate of drug-likeness (QED) is 0.367. The van der Waals surface area contributed by atoms with E-state index in [0.717, 1.165) is 16.9 Å². The summed E-state index contributed by atoms with van der Waals surface area (Å²) in [5.74, 6) is -1.22. The smallest absolute Gasteiger partial charge is 0.320 e. The monoisotopic (exact) mass is 348 g/mol. The molecular weight excluding hydrogens is 320 g/mol. The second-order valence-corrected chi connectivity index (χ2v) is 5.88. The molecule has 0 heterocycles. The molecule has 138 valence electrons. The van der Waals surface area contributed by atoms with E-state index in [1.807, 2.05) is 31.2 Å². The maximum absolute atomic E-state index is 12.1. The number of allylic oxidation sites excluding steroid dienone is 1. The Labute approximate surface area is 150 Å². The molecule has 0 bridgehead atoms. The first-order valence-corrected chi connectivity index (χ1v) is 8.56. The average molecular weight is 348 g/mol. The third kappa shape index (κ3) is 6.61. The summed E-state index contributed by atoms with van der Waals surface area (Å²) in [6.45, 7) is 9.97. The Balaban J connectivity index is 2.73. The maximum Gasteiger partial charge on any atom is 0.320 e. The Hall–Kier alpha value is -2.30. The van der Waals surface area contributed by atoms with Crippen LogP contribution in [0.5, 0.6) is 5.75 Å². The molecule has 5 heteroatoms. The number of rotatable bonds is 10. The van der Waals surface area contributed by atoms with Gasteiger partial charge in [0, 0.05) is 0 Å². The molecule has 1 atom stereocenters. The molecule has 0 aliphatic carbocycles. The molecule has 1 aromatic rings. The zero-order valence-corrected chi connectivity index (χ0v) is 15.5. The van der Waals surface area contributed by atoms with Gasteiger partial charge in [0.05, 0.1) is 20.3 Å². The minimum atomic E-state index is -0.914. The highest BCUT2D eigenvalue weighted by Crippen LogP contribution is 2.24. The fourth-order valence-electron chi connectivity index (χ4n) is 2.47. The van der Waals surface area contributed by atoms with Gasteiger partial charge < -0.3 is 14.2 Å². The minimum Gasteiger partial charge on any atom is -0.497 e. The summed E-state index contributed by atoms with van der Waals surface area (Å²) in [6, 6.07) is 7.75. The van der Waals surface area contributed by atoms with Gasteiger partial charge in [-0.05, 0) is 50.3 Å². The average Bonchev–Trinajstić information content (AvgIpc) is 2.60. The second-order valence-electron chi connectivity index (χ2n) is 5.88. The van der Waals surface area contributed by atoms with Crippen molar-refractivity contribution in [1.29, 1.82) is 0 Å². The summed E-state index contributed by atoms with van der Waals surface area (Å²) in [5.41, 5.74) is 2.05. The maximum atomic E-state index is 12.1. The predicted octanol–water partition coefficient (Wildman–Crippen LogP) is 3.56. The molecule has 5 nitrogen and oxygen atoms in total. The highest BCUT2D eigenvalue weighted by molar-refractivity contribution is 5.94.